The summed E-state index contributed by atoms with van der Waals surface area (Å²) >= 11 is 0. The maximum Gasteiger partial charge on any atom is 0.339 e. The van der Waals surface area contributed by atoms with Gasteiger partial charge >= 0.3 is 11.9 Å². The zero-order valence-corrected chi connectivity index (χ0v) is 11.6. The molecule has 1 aliphatic carbocycles. The van der Waals surface area contributed by atoms with E-state index in [1.165, 1.54) is 12.1 Å². The standard InChI is InChI=1S/C15H19NO5/c16-8-9-1-3-10(4-2-9)15(20)21-11-5-6-13(17)12(7-11)14(18)19/h5-7,9-10,17H,1-4,8,16H2,(H,18,19). The first-order chi connectivity index (χ1) is 10.0. The molecule has 6 heteroatoms. The molecule has 0 heterocycles. The molecule has 6 nitrogen and oxygen atoms in total. The number of hydrogen-bond donors (Lipinski definition) is 3. The van der Waals surface area contributed by atoms with Crippen LogP contribution >= 0.6 is 0 Å². The van der Waals surface area contributed by atoms with Crippen LogP contribution in [0.3, 0.4) is 0 Å². The molecule has 1 aromatic carbocycles. The number of carboxylic acids is 1. The Hall–Kier alpha value is -2.08. The Bertz CT molecular complexity index is 535. The molecular formula is C15H19NO5. The second kappa shape index (κ2) is 6.58. The molecule has 0 aromatic heterocycles. The molecule has 0 spiro atoms. The first-order valence-corrected chi connectivity index (χ1v) is 6.99. The molecule has 1 aliphatic rings. The molecule has 0 radical (unpaired) electrons. The number of phenols is 1. The predicted octanol–water partition coefficient (Wildman–Crippen LogP) is 1.76. The summed E-state index contributed by atoms with van der Waals surface area (Å²) in [4.78, 5) is 23.0. The van der Waals surface area contributed by atoms with Crippen LogP contribution in [0.4, 0.5) is 0 Å². The van der Waals surface area contributed by atoms with Crippen molar-refractivity contribution in [3.8, 4) is 11.5 Å². The van der Waals surface area contributed by atoms with E-state index in [1.807, 2.05) is 0 Å². The molecule has 0 unspecified atom stereocenters. The van der Waals surface area contributed by atoms with Crippen LogP contribution < -0.4 is 10.5 Å². The van der Waals surface area contributed by atoms with Crippen LogP contribution in [-0.4, -0.2) is 28.7 Å². The van der Waals surface area contributed by atoms with Crippen molar-refractivity contribution in [3.63, 3.8) is 0 Å². The fraction of sp³-hybridized carbons (Fsp3) is 0.467. The first kappa shape index (κ1) is 15.3. The quantitative estimate of drug-likeness (QED) is 0.576. The average Bonchev–Trinajstić information content (AvgIpc) is 2.49. The van der Waals surface area contributed by atoms with E-state index in [2.05, 4.69) is 0 Å². The second-order valence-corrected chi connectivity index (χ2v) is 5.36. The number of esters is 1. The lowest BCUT2D eigenvalue weighted by molar-refractivity contribution is -0.140. The number of carbonyl (C=O) groups is 2. The summed E-state index contributed by atoms with van der Waals surface area (Å²) in [5.41, 5.74) is 5.33. The molecule has 1 saturated carbocycles. The fourth-order valence-corrected chi connectivity index (χ4v) is 2.58. The van der Waals surface area contributed by atoms with E-state index < -0.39 is 5.97 Å². The fourth-order valence-electron chi connectivity index (χ4n) is 2.58. The summed E-state index contributed by atoms with van der Waals surface area (Å²) in [7, 11) is 0. The Kier molecular flexibility index (Phi) is 4.80. The van der Waals surface area contributed by atoms with Crippen LogP contribution in [0.25, 0.3) is 0 Å². The Balaban J connectivity index is 2.00. The van der Waals surface area contributed by atoms with Crippen molar-refractivity contribution in [1.82, 2.24) is 0 Å². The largest absolute Gasteiger partial charge is 0.507 e. The highest BCUT2D eigenvalue weighted by atomic mass is 16.5. The molecular weight excluding hydrogens is 274 g/mol. The SMILES string of the molecule is NCC1CCC(C(=O)Oc2ccc(O)c(C(=O)O)c2)CC1. The Labute approximate surface area is 122 Å². The van der Waals surface area contributed by atoms with Gasteiger partial charge in [-0.15, -0.1) is 0 Å². The summed E-state index contributed by atoms with van der Waals surface area (Å²) in [6.07, 6.45) is 3.30. The second-order valence-electron chi connectivity index (χ2n) is 5.36. The van der Waals surface area contributed by atoms with Crippen molar-refractivity contribution in [2.45, 2.75) is 25.7 Å². The smallest absolute Gasteiger partial charge is 0.339 e. The molecule has 0 amide bonds. The monoisotopic (exact) mass is 293 g/mol. The number of carboxylic acid groups (broad SMARTS) is 1. The van der Waals surface area contributed by atoms with Crippen molar-refractivity contribution in [2.24, 2.45) is 17.6 Å². The molecule has 4 N–H and O–H groups in total. The molecule has 1 fully saturated rings. The summed E-state index contributed by atoms with van der Waals surface area (Å²) in [6.45, 7) is 0.641. The van der Waals surface area contributed by atoms with Crippen LogP contribution in [0.2, 0.25) is 0 Å². The maximum atomic E-state index is 12.1. The minimum absolute atomic E-state index is 0.135. The van der Waals surface area contributed by atoms with Gasteiger partial charge in [0.15, 0.2) is 0 Å². The number of hydrogen-bond acceptors (Lipinski definition) is 5. The van der Waals surface area contributed by atoms with Crippen LogP contribution in [0.1, 0.15) is 36.0 Å². The Morgan fingerprint density at radius 3 is 2.48 bits per heavy atom. The average molecular weight is 293 g/mol. The van der Waals surface area contributed by atoms with Crippen molar-refractivity contribution < 1.29 is 24.5 Å². The van der Waals surface area contributed by atoms with Gasteiger partial charge < -0.3 is 20.7 Å². The van der Waals surface area contributed by atoms with E-state index in [4.69, 9.17) is 15.6 Å². The van der Waals surface area contributed by atoms with Gasteiger partial charge in [-0.2, -0.15) is 0 Å². The third-order valence-electron chi connectivity index (χ3n) is 3.93. The highest BCUT2D eigenvalue weighted by Crippen LogP contribution is 2.30. The van der Waals surface area contributed by atoms with E-state index >= 15 is 0 Å². The number of nitrogens with two attached hydrogens (primary N) is 1. The van der Waals surface area contributed by atoms with Crippen LogP contribution in [0.15, 0.2) is 18.2 Å². The highest BCUT2D eigenvalue weighted by Gasteiger charge is 2.27. The first-order valence-electron chi connectivity index (χ1n) is 6.99. The van der Waals surface area contributed by atoms with Gasteiger partial charge in [0.25, 0.3) is 0 Å². The third kappa shape index (κ3) is 3.72. The van der Waals surface area contributed by atoms with E-state index in [1.54, 1.807) is 0 Å². The summed E-state index contributed by atoms with van der Waals surface area (Å²) in [5, 5.41) is 18.3. The number of ether oxygens (including phenoxy) is 1. The topological polar surface area (TPSA) is 110 Å². The lowest BCUT2D eigenvalue weighted by Gasteiger charge is -2.26. The zero-order chi connectivity index (χ0) is 15.4. The van der Waals surface area contributed by atoms with E-state index in [9.17, 15) is 14.7 Å². The molecule has 0 bridgehead atoms. The summed E-state index contributed by atoms with van der Waals surface area (Å²) in [6, 6.07) is 3.74. The summed E-state index contributed by atoms with van der Waals surface area (Å²) < 4.78 is 5.22. The van der Waals surface area contributed by atoms with E-state index in [-0.39, 0.29) is 28.9 Å². The van der Waals surface area contributed by atoms with Crippen molar-refractivity contribution in [2.75, 3.05) is 6.54 Å². The molecule has 0 aliphatic heterocycles. The number of carbonyl (C=O) groups excluding carboxylic acids is 1. The Morgan fingerprint density at radius 2 is 1.90 bits per heavy atom. The van der Waals surface area contributed by atoms with Crippen LogP contribution in [0, 0.1) is 11.8 Å². The van der Waals surface area contributed by atoms with Crippen LogP contribution in [-0.2, 0) is 4.79 Å². The zero-order valence-electron chi connectivity index (χ0n) is 11.6. The Morgan fingerprint density at radius 1 is 1.24 bits per heavy atom. The molecule has 21 heavy (non-hydrogen) atoms. The molecule has 2 rings (SSSR count). The van der Waals surface area contributed by atoms with Crippen molar-refractivity contribution in [1.29, 1.82) is 0 Å². The van der Waals surface area contributed by atoms with Gasteiger partial charge in [0.05, 0.1) is 5.92 Å². The highest BCUT2D eigenvalue weighted by molar-refractivity contribution is 5.91. The van der Waals surface area contributed by atoms with Gasteiger partial charge in [0.2, 0.25) is 0 Å². The van der Waals surface area contributed by atoms with Gasteiger partial charge in [-0.1, -0.05) is 0 Å². The number of rotatable bonds is 4. The lowest BCUT2D eigenvalue weighted by Crippen LogP contribution is -2.28. The molecule has 0 saturated heterocycles. The minimum atomic E-state index is -1.27. The van der Waals surface area contributed by atoms with Crippen LogP contribution in [0.5, 0.6) is 11.5 Å². The molecule has 0 atom stereocenters. The third-order valence-corrected chi connectivity index (χ3v) is 3.93. The molecule has 114 valence electrons. The number of benzene rings is 1. The van der Waals surface area contributed by atoms with Gasteiger partial charge in [-0.25, -0.2) is 4.79 Å². The van der Waals surface area contributed by atoms with E-state index in [0.29, 0.717) is 12.5 Å². The van der Waals surface area contributed by atoms with E-state index in [0.717, 1.165) is 31.7 Å². The van der Waals surface area contributed by atoms with Gasteiger partial charge in [0.1, 0.15) is 17.1 Å². The molecule has 1 aromatic rings. The number of aromatic hydroxyl groups is 1. The maximum absolute atomic E-state index is 12.1. The lowest BCUT2D eigenvalue weighted by atomic mass is 9.82. The summed E-state index contributed by atoms with van der Waals surface area (Å²) in [5.74, 6) is -1.54. The van der Waals surface area contributed by atoms with Crippen molar-refractivity contribution in [3.05, 3.63) is 23.8 Å². The predicted molar refractivity (Wildman–Crippen MR) is 75.2 cm³/mol. The van der Waals surface area contributed by atoms with Gasteiger partial charge in [0, 0.05) is 0 Å². The van der Waals surface area contributed by atoms with Gasteiger partial charge in [-0.05, 0) is 56.3 Å². The minimum Gasteiger partial charge on any atom is -0.507 e. The number of aromatic carboxylic acids is 1. The van der Waals surface area contributed by atoms with Gasteiger partial charge in [-0.3, -0.25) is 4.79 Å². The normalized spacial score (nSPS) is 21.8. The van der Waals surface area contributed by atoms with Crippen molar-refractivity contribution >= 4 is 11.9 Å².